The fourth-order valence-corrected chi connectivity index (χ4v) is 4.35. The van der Waals surface area contributed by atoms with Gasteiger partial charge in [0.05, 0.1) is 6.04 Å². The van der Waals surface area contributed by atoms with Crippen molar-refractivity contribution in [1.29, 1.82) is 0 Å². The molecule has 3 aromatic carbocycles. The van der Waals surface area contributed by atoms with Crippen molar-refractivity contribution in [2.75, 3.05) is 0 Å². The summed E-state index contributed by atoms with van der Waals surface area (Å²) in [5, 5.41) is 18.2. The number of nitrogens with two attached hydrogens (primary N) is 1. The first-order valence-corrected chi connectivity index (χ1v) is 14.1. The summed E-state index contributed by atoms with van der Waals surface area (Å²) in [5.74, 6) is -1.38. The SMILES string of the molecule is CC[C@H](C)[C@H](NC(=O)[C@H](Cc1ccc(O)cc1)NC(=O)[C@@H](N)C(C)C)C(=O)NCc1ccc(-c2ccccc2)cc1.Cl. The average molecular weight is 595 g/mol. The van der Waals surface area contributed by atoms with Gasteiger partial charge < -0.3 is 26.8 Å². The Kier molecular flexibility index (Phi) is 13.5. The lowest BCUT2D eigenvalue weighted by Crippen LogP contribution is -2.58. The maximum Gasteiger partial charge on any atom is 0.243 e. The van der Waals surface area contributed by atoms with E-state index in [-0.39, 0.29) is 42.3 Å². The highest BCUT2D eigenvalue weighted by atomic mass is 35.5. The Labute approximate surface area is 254 Å². The number of rotatable bonds is 13. The molecule has 0 aromatic heterocycles. The molecule has 0 saturated heterocycles. The van der Waals surface area contributed by atoms with Gasteiger partial charge in [0.25, 0.3) is 0 Å². The van der Waals surface area contributed by atoms with Gasteiger partial charge in [-0.25, -0.2) is 0 Å². The highest BCUT2D eigenvalue weighted by Gasteiger charge is 2.31. The first-order chi connectivity index (χ1) is 19.6. The van der Waals surface area contributed by atoms with Crippen LogP contribution < -0.4 is 21.7 Å². The number of hydrogen-bond donors (Lipinski definition) is 5. The molecule has 0 heterocycles. The molecule has 0 aliphatic heterocycles. The van der Waals surface area contributed by atoms with Crippen molar-refractivity contribution < 1.29 is 19.5 Å². The van der Waals surface area contributed by atoms with Crippen molar-refractivity contribution in [1.82, 2.24) is 16.0 Å². The Morgan fingerprint density at radius 3 is 1.90 bits per heavy atom. The van der Waals surface area contributed by atoms with Crippen LogP contribution in [-0.4, -0.2) is 41.0 Å². The molecule has 0 aliphatic carbocycles. The van der Waals surface area contributed by atoms with E-state index in [0.29, 0.717) is 13.0 Å². The van der Waals surface area contributed by atoms with E-state index in [4.69, 9.17) is 5.73 Å². The summed E-state index contributed by atoms with van der Waals surface area (Å²) < 4.78 is 0. The van der Waals surface area contributed by atoms with Crippen LogP contribution in [0.15, 0.2) is 78.9 Å². The highest BCUT2D eigenvalue weighted by Crippen LogP contribution is 2.19. The van der Waals surface area contributed by atoms with Crippen LogP contribution >= 0.6 is 12.4 Å². The van der Waals surface area contributed by atoms with E-state index in [0.717, 1.165) is 22.3 Å². The lowest BCUT2D eigenvalue weighted by molar-refractivity contribution is -0.133. The minimum absolute atomic E-state index is 0. The molecule has 0 aliphatic rings. The summed E-state index contributed by atoms with van der Waals surface area (Å²) >= 11 is 0. The Morgan fingerprint density at radius 1 is 0.762 bits per heavy atom. The number of benzene rings is 3. The number of halogens is 1. The fraction of sp³-hybridized carbons (Fsp3) is 0.364. The first kappa shape index (κ1) is 34.3. The van der Waals surface area contributed by atoms with Gasteiger partial charge >= 0.3 is 0 Å². The lowest BCUT2D eigenvalue weighted by Gasteiger charge is -2.27. The van der Waals surface area contributed by atoms with Gasteiger partial charge in [-0.15, -0.1) is 12.4 Å². The topological polar surface area (TPSA) is 134 Å². The molecule has 9 heteroatoms. The molecular formula is C33H43ClN4O4. The number of carbonyl (C=O) groups is 3. The molecule has 226 valence electrons. The molecule has 6 N–H and O–H groups in total. The van der Waals surface area contributed by atoms with Crippen molar-refractivity contribution in [3.05, 3.63) is 90.0 Å². The van der Waals surface area contributed by atoms with Crippen molar-refractivity contribution in [3.8, 4) is 16.9 Å². The molecule has 0 radical (unpaired) electrons. The second-order valence-corrected chi connectivity index (χ2v) is 10.9. The molecule has 0 bridgehead atoms. The van der Waals surface area contributed by atoms with Gasteiger partial charge in [-0.05, 0) is 46.2 Å². The normalized spacial score (nSPS) is 13.7. The molecule has 3 aromatic rings. The number of aromatic hydroxyl groups is 1. The third-order valence-corrected chi connectivity index (χ3v) is 7.35. The van der Waals surface area contributed by atoms with Crippen LogP contribution in [0.4, 0.5) is 0 Å². The molecule has 0 fully saturated rings. The van der Waals surface area contributed by atoms with Gasteiger partial charge in [0.2, 0.25) is 17.7 Å². The summed E-state index contributed by atoms with van der Waals surface area (Å²) in [7, 11) is 0. The molecule has 0 unspecified atom stereocenters. The van der Waals surface area contributed by atoms with Crippen LogP contribution in [0.3, 0.4) is 0 Å². The van der Waals surface area contributed by atoms with E-state index < -0.39 is 29.9 Å². The van der Waals surface area contributed by atoms with Crippen LogP contribution in [0.2, 0.25) is 0 Å². The monoisotopic (exact) mass is 594 g/mol. The predicted octanol–water partition coefficient (Wildman–Crippen LogP) is 4.34. The van der Waals surface area contributed by atoms with Crippen molar-refractivity contribution in [2.45, 2.75) is 65.2 Å². The third kappa shape index (κ3) is 9.89. The smallest absolute Gasteiger partial charge is 0.243 e. The van der Waals surface area contributed by atoms with Crippen LogP contribution in [0.25, 0.3) is 11.1 Å². The highest BCUT2D eigenvalue weighted by molar-refractivity contribution is 5.93. The maximum absolute atomic E-state index is 13.5. The first-order valence-electron chi connectivity index (χ1n) is 14.1. The van der Waals surface area contributed by atoms with Crippen molar-refractivity contribution in [2.24, 2.45) is 17.6 Å². The average Bonchev–Trinajstić information content (AvgIpc) is 2.99. The lowest BCUT2D eigenvalue weighted by atomic mass is 9.96. The molecule has 3 rings (SSSR count). The zero-order valence-corrected chi connectivity index (χ0v) is 25.5. The van der Waals surface area contributed by atoms with Gasteiger partial charge in [0.1, 0.15) is 17.8 Å². The quantitative estimate of drug-likeness (QED) is 0.201. The maximum atomic E-state index is 13.5. The van der Waals surface area contributed by atoms with Gasteiger partial charge in [-0.2, -0.15) is 0 Å². The number of hydrogen-bond acceptors (Lipinski definition) is 5. The predicted molar refractivity (Wildman–Crippen MR) is 169 cm³/mol. The minimum atomic E-state index is -0.957. The van der Waals surface area contributed by atoms with E-state index in [2.05, 4.69) is 16.0 Å². The van der Waals surface area contributed by atoms with E-state index in [1.807, 2.05) is 82.3 Å². The number of amides is 3. The Balaban J connectivity index is 0.00000616. The molecule has 0 spiro atoms. The van der Waals surface area contributed by atoms with Crippen molar-refractivity contribution >= 4 is 30.1 Å². The molecule has 0 saturated carbocycles. The van der Waals surface area contributed by atoms with Gasteiger partial charge in [-0.3, -0.25) is 14.4 Å². The molecule has 3 amide bonds. The Hall–Kier alpha value is -3.88. The van der Waals surface area contributed by atoms with Gasteiger partial charge in [-0.1, -0.05) is 101 Å². The van der Waals surface area contributed by atoms with E-state index in [9.17, 15) is 19.5 Å². The molecule has 8 nitrogen and oxygen atoms in total. The molecular weight excluding hydrogens is 552 g/mol. The van der Waals surface area contributed by atoms with Crippen LogP contribution in [0.5, 0.6) is 5.75 Å². The summed E-state index contributed by atoms with van der Waals surface area (Å²) in [6.07, 6.45) is 0.836. The van der Waals surface area contributed by atoms with E-state index >= 15 is 0 Å². The Morgan fingerprint density at radius 2 is 1.33 bits per heavy atom. The number of phenolic OH excluding ortho intramolecular Hbond substituents is 1. The number of phenols is 1. The fourth-order valence-electron chi connectivity index (χ4n) is 4.35. The number of nitrogens with one attached hydrogen (secondary N) is 3. The summed E-state index contributed by atoms with van der Waals surface area (Å²) in [4.78, 5) is 39.6. The summed E-state index contributed by atoms with van der Waals surface area (Å²) in [6.45, 7) is 7.83. The van der Waals surface area contributed by atoms with E-state index in [1.54, 1.807) is 12.1 Å². The Bertz CT molecular complexity index is 1280. The zero-order chi connectivity index (χ0) is 29.9. The standard InChI is InChI=1S/C33H42N4O4.ClH/c1-5-22(4)30(33(41)35-20-24-11-15-26(16-12-24)25-9-7-6-8-10-25)37-31(39)28(36-32(40)29(34)21(2)3)19-23-13-17-27(38)18-14-23;/h6-18,21-22,28-30,38H,5,19-20,34H2,1-4H3,(H,35,41)(H,36,40)(H,37,39);1H/t22-,28-,29-,30-;/m0./s1. The van der Waals surface area contributed by atoms with Crippen molar-refractivity contribution in [3.63, 3.8) is 0 Å². The van der Waals surface area contributed by atoms with Crippen LogP contribution in [0.1, 0.15) is 45.2 Å². The minimum Gasteiger partial charge on any atom is -0.508 e. The largest absolute Gasteiger partial charge is 0.508 e. The van der Waals surface area contributed by atoms with Crippen LogP contribution in [-0.2, 0) is 27.3 Å². The second-order valence-electron chi connectivity index (χ2n) is 10.9. The summed E-state index contributed by atoms with van der Waals surface area (Å²) in [5.41, 5.74) is 9.92. The number of carbonyl (C=O) groups excluding carboxylic acids is 3. The zero-order valence-electron chi connectivity index (χ0n) is 24.7. The van der Waals surface area contributed by atoms with E-state index in [1.165, 1.54) is 12.1 Å². The third-order valence-electron chi connectivity index (χ3n) is 7.35. The van der Waals surface area contributed by atoms with Crippen LogP contribution in [0, 0.1) is 11.8 Å². The van der Waals surface area contributed by atoms with Gasteiger partial charge in [0, 0.05) is 13.0 Å². The molecule has 4 atom stereocenters. The molecule has 42 heavy (non-hydrogen) atoms. The second kappa shape index (κ2) is 16.5. The summed E-state index contributed by atoms with van der Waals surface area (Å²) in [6, 6.07) is 21.9. The van der Waals surface area contributed by atoms with Gasteiger partial charge in [0.15, 0.2) is 0 Å².